The summed E-state index contributed by atoms with van der Waals surface area (Å²) in [4.78, 5) is 0. The third-order valence-corrected chi connectivity index (χ3v) is 14.2. The Kier molecular flexibility index (Phi) is 33.8. The summed E-state index contributed by atoms with van der Waals surface area (Å²) in [5, 5.41) is 2.48. The van der Waals surface area contributed by atoms with Crippen LogP contribution in [0.3, 0.4) is 0 Å². The van der Waals surface area contributed by atoms with Crippen molar-refractivity contribution in [3.8, 4) is 0 Å². The van der Waals surface area contributed by atoms with Crippen LogP contribution in [0.15, 0.2) is 60.7 Å². The number of benzene rings is 2. The number of unbranched alkanes of at least 4 members (excludes halogenated alkanes) is 3. The van der Waals surface area contributed by atoms with Gasteiger partial charge in [0.05, 0.1) is 145 Å². The summed E-state index contributed by atoms with van der Waals surface area (Å²) in [6.07, 6.45) is 4.49. The Labute approximate surface area is 355 Å². The van der Waals surface area contributed by atoms with Crippen molar-refractivity contribution >= 4 is 30.3 Å². The average molecular weight is 860 g/mol. The van der Waals surface area contributed by atoms with Crippen LogP contribution in [0.25, 0.3) is 0 Å². The fraction of sp³-hybridized carbons (Fsp3) is 0.727. The summed E-state index contributed by atoms with van der Waals surface area (Å²) < 4.78 is 68.2. The maximum absolute atomic E-state index is 6.85. The van der Waals surface area contributed by atoms with Crippen molar-refractivity contribution in [3.05, 3.63) is 60.7 Å². The van der Waals surface area contributed by atoms with Gasteiger partial charge >= 0.3 is 0 Å². The molecule has 2 rings (SSSR count). The molecule has 0 heterocycles. The van der Waals surface area contributed by atoms with E-state index in [0.717, 1.165) is 25.3 Å². The highest BCUT2D eigenvalue weighted by molar-refractivity contribution is 6.99. The van der Waals surface area contributed by atoms with Gasteiger partial charge in [0, 0.05) is 12.5 Å². The van der Waals surface area contributed by atoms with Crippen LogP contribution < -0.4 is 10.4 Å². The second-order valence-electron chi connectivity index (χ2n) is 14.4. The third-order valence-electron chi connectivity index (χ3n) is 8.86. The second kappa shape index (κ2) is 37.2. The zero-order valence-corrected chi connectivity index (χ0v) is 37.6. The minimum Gasteiger partial charge on any atom is -0.405 e. The Bertz CT molecular complexity index is 1110. The van der Waals surface area contributed by atoms with Crippen LogP contribution in [0.5, 0.6) is 0 Å². The molecule has 2 aromatic carbocycles. The zero-order valence-electron chi connectivity index (χ0n) is 35.8. The molecule has 0 atom stereocenters. The molecule has 0 aliphatic carbocycles. The molecule has 0 aliphatic heterocycles. The van der Waals surface area contributed by atoms with Crippen LogP contribution in [-0.4, -0.2) is 166 Å². The summed E-state index contributed by atoms with van der Waals surface area (Å²) in [5.41, 5.74) is 0. The van der Waals surface area contributed by atoms with E-state index in [1.54, 1.807) is 0 Å². The first-order valence-electron chi connectivity index (χ1n) is 21.2. The zero-order chi connectivity index (χ0) is 41.5. The topological polar surface area (TPSA) is 111 Å². The molecule has 0 bridgehead atoms. The van der Waals surface area contributed by atoms with Gasteiger partial charge in [-0.05, 0) is 28.3 Å². The van der Waals surface area contributed by atoms with Crippen molar-refractivity contribution in [2.45, 2.75) is 51.5 Å². The highest BCUT2D eigenvalue weighted by atomic mass is 35.5. The van der Waals surface area contributed by atoms with Crippen molar-refractivity contribution < 1.29 is 56.5 Å². The van der Waals surface area contributed by atoms with Crippen LogP contribution in [0, 0.1) is 0 Å². The van der Waals surface area contributed by atoms with Gasteiger partial charge < -0.3 is 56.5 Å². The smallest absolute Gasteiger partial charge is 0.261 e. The fourth-order valence-electron chi connectivity index (χ4n) is 5.97. The summed E-state index contributed by atoms with van der Waals surface area (Å²) in [6.45, 7) is 19.1. The fourth-order valence-corrected chi connectivity index (χ4v) is 10.7. The van der Waals surface area contributed by atoms with Gasteiger partial charge in [-0.25, -0.2) is 0 Å². The van der Waals surface area contributed by atoms with Gasteiger partial charge in [0.1, 0.15) is 0 Å². The minimum atomic E-state index is -2.54. The lowest BCUT2D eigenvalue weighted by molar-refractivity contribution is -0.0277. The first-order valence-corrected chi connectivity index (χ1v) is 23.6. The van der Waals surface area contributed by atoms with Crippen molar-refractivity contribution in [2.24, 2.45) is 0 Å². The molecule has 0 saturated heterocycles. The molecule has 0 spiro atoms. The van der Waals surface area contributed by atoms with Gasteiger partial charge in [0.2, 0.25) is 0 Å². The average Bonchev–Trinajstić information content (AvgIpc) is 3.23. The SMILES string of the molecule is CC(C)(C)[Si](OCCOCCOCCOCCOCCOCCOCCOCCOCCOCCOCCOCCCCCCCl)(c1ccccc1)c1ccccc1. The standard InChI is InChI=1S/C44H75ClO12Si/c1-44(2,3)58(42-14-8-6-9-15-42,43-16-10-7-11-17-43)57-41-40-56-39-38-55-37-36-54-35-34-53-33-32-52-31-30-51-29-28-50-27-26-49-25-24-48-23-22-47-21-20-46-19-13-5-4-12-18-45/h6-11,14-17H,4-5,12-13,18-41H2,1-3H3. The first kappa shape index (κ1) is 52.6. The Morgan fingerprint density at radius 3 is 0.879 bits per heavy atom. The molecule has 0 unspecified atom stereocenters. The van der Waals surface area contributed by atoms with Crippen molar-refractivity contribution in [3.63, 3.8) is 0 Å². The largest absolute Gasteiger partial charge is 0.405 e. The van der Waals surface area contributed by atoms with Gasteiger partial charge in [-0.1, -0.05) is 94.3 Å². The minimum absolute atomic E-state index is 0.0575. The number of hydrogen-bond donors (Lipinski definition) is 0. The van der Waals surface area contributed by atoms with Gasteiger partial charge in [0.15, 0.2) is 0 Å². The molecular formula is C44H75ClO12Si. The van der Waals surface area contributed by atoms with Crippen LogP contribution in [0.1, 0.15) is 46.5 Å². The third kappa shape index (κ3) is 25.9. The predicted octanol–water partition coefficient (Wildman–Crippen LogP) is 5.54. The van der Waals surface area contributed by atoms with E-state index < -0.39 is 8.32 Å². The number of alkyl halides is 1. The Morgan fingerprint density at radius 2 is 0.603 bits per heavy atom. The van der Waals surface area contributed by atoms with Crippen LogP contribution in [0.2, 0.25) is 5.04 Å². The molecule has 0 aliphatic rings. The van der Waals surface area contributed by atoms with Crippen molar-refractivity contribution in [2.75, 3.05) is 158 Å². The molecule has 14 heteroatoms. The lowest BCUT2D eigenvalue weighted by Crippen LogP contribution is -2.66. The molecule has 0 radical (unpaired) electrons. The highest BCUT2D eigenvalue weighted by Crippen LogP contribution is 2.36. The number of ether oxygens (including phenoxy) is 11. The Hall–Kier alpha value is -1.53. The second-order valence-corrected chi connectivity index (χ2v) is 19.0. The maximum Gasteiger partial charge on any atom is 0.261 e. The molecule has 2 aromatic rings. The van der Waals surface area contributed by atoms with E-state index in [1.807, 2.05) is 0 Å². The quantitative estimate of drug-likeness (QED) is 0.0475. The van der Waals surface area contributed by atoms with E-state index in [1.165, 1.54) is 23.2 Å². The summed E-state index contributed by atoms with van der Waals surface area (Å²) >= 11 is 5.67. The summed E-state index contributed by atoms with van der Waals surface area (Å²) in [7, 11) is -2.54. The highest BCUT2D eigenvalue weighted by Gasteiger charge is 2.50. The predicted molar refractivity (Wildman–Crippen MR) is 232 cm³/mol. The molecule has 12 nitrogen and oxygen atoms in total. The molecule has 334 valence electrons. The Balaban J connectivity index is 1.26. The van der Waals surface area contributed by atoms with E-state index in [-0.39, 0.29) is 5.04 Å². The van der Waals surface area contributed by atoms with Gasteiger partial charge in [-0.15, -0.1) is 11.6 Å². The molecule has 0 amide bonds. The van der Waals surface area contributed by atoms with Crippen LogP contribution >= 0.6 is 11.6 Å². The molecule has 0 fully saturated rings. The van der Waals surface area contributed by atoms with Crippen LogP contribution in [0.4, 0.5) is 0 Å². The van der Waals surface area contributed by atoms with Gasteiger partial charge in [-0.2, -0.15) is 0 Å². The normalized spacial score (nSPS) is 12.1. The van der Waals surface area contributed by atoms with Crippen molar-refractivity contribution in [1.29, 1.82) is 0 Å². The van der Waals surface area contributed by atoms with Gasteiger partial charge in [-0.3, -0.25) is 0 Å². The first-order chi connectivity index (χ1) is 28.5. The lowest BCUT2D eigenvalue weighted by Gasteiger charge is -2.43. The van der Waals surface area contributed by atoms with E-state index in [0.29, 0.717) is 145 Å². The van der Waals surface area contributed by atoms with E-state index in [9.17, 15) is 0 Å². The van der Waals surface area contributed by atoms with E-state index >= 15 is 0 Å². The Morgan fingerprint density at radius 1 is 0.345 bits per heavy atom. The van der Waals surface area contributed by atoms with E-state index in [2.05, 4.69) is 81.4 Å². The molecule has 58 heavy (non-hydrogen) atoms. The molecule has 0 aromatic heterocycles. The monoisotopic (exact) mass is 858 g/mol. The summed E-state index contributed by atoms with van der Waals surface area (Å²) in [6, 6.07) is 21.3. The van der Waals surface area contributed by atoms with Crippen LogP contribution in [-0.2, 0) is 56.5 Å². The lowest BCUT2D eigenvalue weighted by atomic mass is 10.2. The molecule has 0 saturated carbocycles. The summed E-state index contributed by atoms with van der Waals surface area (Å²) in [5.74, 6) is 0.742. The van der Waals surface area contributed by atoms with Crippen molar-refractivity contribution in [1.82, 2.24) is 0 Å². The number of halogens is 1. The van der Waals surface area contributed by atoms with Gasteiger partial charge in [0.25, 0.3) is 8.32 Å². The molecule has 0 N–H and O–H groups in total. The maximum atomic E-state index is 6.85. The number of hydrogen-bond acceptors (Lipinski definition) is 12. The molecular weight excluding hydrogens is 784 g/mol. The number of rotatable bonds is 42. The van der Waals surface area contributed by atoms with E-state index in [4.69, 9.17) is 68.1 Å².